The fraction of sp³-hybridized carbons (Fsp3) is 0.500. The molecule has 3 rings (SSSR count). The van der Waals surface area contributed by atoms with Crippen LogP contribution in [-0.4, -0.2) is 41.6 Å². The van der Waals surface area contributed by atoms with Gasteiger partial charge in [-0.15, -0.1) is 0 Å². The number of amides is 1. The van der Waals surface area contributed by atoms with E-state index in [1.54, 1.807) is 17.0 Å². The van der Waals surface area contributed by atoms with Gasteiger partial charge in [0.25, 0.3) is 5.91 Å². The molecule has 0 spiro atoms. The minimum absolute atomic E-state index is 0.0515. The molecule has 0 aromatic heterocycles. The van der Waals surface area contributed by atoms with Crippen molar-refractivity contribution in [3.63, 3.8) is 0 Å². The molecular formula is C16H18BrNO4. The maximum Gasteiger partial charge on any atom is 0.311 e. The average Bonchev–Trinajstić information content (AvgIpc) is 3.04. The van der Waals surface area contributed by atoms with Crippen molar-refractivity contribution in [2.75, 3.05) is 19.7 Å². The largest absolute Gasteiger partial charge is 0.484 e. The molecule has 2 aliphatic rings. The highest BCUT2D eigenvalue weighted by atomic mass is 79.9. The first-order valence-electron chi connectivity index (χ1n) is 7.41. The second-order valence-electron chi connectivity index (χ2n) is 6.07. The smallest absolute Gasteiger partial charge is 0.311 e. The number of carbonyl (C=O) groups is 2. The molecule has 5 nitrogen and oxygen atoms in total. The van der Waals surface area contributed by atoms with Gasteiger partial charge in [-0.1, -0.05) is 22.4 Å². The number of halogens is 1. The third-order valence-electron chi connectivity index (χ3n) is 4.83. The van der Waals surface area contributed by atoms with E-state index in [0.717, 1.165) is 17.3 Å². The minimum atomic E-state index is -0.765. The van der Waals surface area contributed by atoms with Crippen LogP contribution >= 0.6 is 15.9 Å². The Hall–Kier alpha value is -1.56. The van der Waals surface area contributed by atoms with Crippen LogP contribution in [0.3, 0.4) is 0 Å². The van der Waals surface area contributed by atoms with Gasteiger partial charge in [-0.2, -0.15) is 0 Å². The van der Waals surface area contributed by atoms with Crippen molar-refractivity contribution >= 4 is 27.8 Å². The molecule has 1 N–H and O–H groups in total. The summed E-state index contributed by atoms with van der Waals surface area (Å²) in [7, 11) is 0. The Morgan fingerprint density at radius 2 is 2.09 bits per heavy atom. The maximum atomic E-state index is 12.3. The van der Waals surface area contributed by atoms with Gasteiger partial charge in [0.2, 0.25) is 0 Å². The third-order valence-corrected chi connectivity index (χ3v) is 5.35. The van der Waals surface area contributed by atoms with Crippen LogP contribution in [0.25, 0.3) is 0 Å². The van der Waals surface area contributed by atoms with Gasteiger partial charge in [0.15, 0.2) is 6.61 Å². The van der Waals surface area contributed by atoms with Crippen LogP contribution < -0.4 is 4.74 Å². The summed E-state index contributed by atoms with van der Waals surface area (Å²) in [4.78, 5) is 25.5. The highest BCUT2D eigenvalue weighted by molar-refractivity contribution is 9.10. The first-order valence-corrected chi connectivity index (χ1v) is 8.20. The second kappa shape index (κ2) is 5.91. The molecule has 1 aliphatic carbocycles. The molecule has 118 valence electrons. The van der Waals surface area contributed by atoms with Crippen LogP contribution in [0, 0.1) is 11.3 Å². The molecular weight excluding hydrogens is 350 g/mol. The third kappa shape index (κ3) is 2.72. The van der Waals surface area contributed by atoms with Crippen molar-refractivity contribution in [2.24, 2.45) is 11.3 Å². The summed E-state index contributed by atoms with van der Waals surface area (Å²) in [6, 6.07) is 7.27. The minimum Gasteiger partial charge on any atom is -0.484 e. The molecule has 1 aliphatic heterocycles. The van der Waals surface area contributed by atoms with Crippen LogP contribution in [0.1, 0.15) is 19.3 Å². The Morgan fingerprint density at radius 3 is 2.73 bits per heavy atom. The zero-order valence-electron chi connectivity index (χ0n) is 12.1. The van der Waals surface area contributed by atoms with E-state index in [2.05, 4.69) is 15.9 Å². The van der Waals surface area contributed by atoms with Crippen molar-refractivity contribution in [3.05, 3.63) is 28.7 Å². The lowest BCUT2D eigenvalue weighted by molar-refractivity contribution is -0.149. The number of hydrogen-bond acceptors (Lipinski definition) is 3. The summed E-state index contributed by atoms with van der Waals surface area (Å²) >= 11 is 3.34. The molecule has 22 heavy (non-hydrogen) atoms. The summed E-state index contributed by atoms with van der Waals surface area (Å²) in [5, 5.41) is 9.53. The molecule has 1 heterocycles. The monoisotopic (exact) mass is 367 g/mol. The Bertz CT molecular complexity index is 588. The van der Waals surface area contributed by atoms with Crippen molar-refractivity contribution in [1.82, 2.24) is 4.90 Å². The van der Waals surface area contributed by atoms with Gasteiger partial charge < -0.3 is 14.7 Å². The van der Waals surface area contributed by atoms with Gasteiger partial charge in [0.05, 0.1) is 5.41 Å². The lowest BCUT2D eigenvalue weighted by atomic mass is 9.81. The van der Waals surface area contributed by atoms with Crippen LogP contribution in [0.5, 0.6) is 5.75 Å². The van der Waals surface area contributed by atoms with Gasteiger partial charge >= 0.3 is 5.97 Å². The predicted octanol–water partition coefficient (Wildman–Crippen LogP) is 2.54. The van der Waals surface area contributed by atoms with Crippen molar-refractivity contribution in [1.29, 1.82) is 0 Å². The molecule has 2 fully saturated rings. The number of carboxylic acid groups (broad SMARTS) is 1. The number of carbonyl (C=O) groups excluding carboxylic acids is 1. The van der Waals surface area contributed by atoms with Crippen LogP contribution in [0.2, 0.25) is 0 Å². The highest BCUT2D eigenvalue weighted by Gasteiger charge is 2.55. The molecule has 0 radical (unpaired) electrons. The van der Waals surface area contributed by atoms with E-state index in [4.69, 9.17) is 4.74 Å². The molecule has 1 saturated carbocycles. The number of benzene rings is 1. The number of hydrogen-bond donors (Lipinski definition) is 1. The molecule has 1 aromatic rings. The number of ether oxygens (including phenoxy) is 1. The normalized spacial score (nSPS) is 26.8. The quantitative estimate of drug-likeness (QED) is 0.887. The highest BCUT2D eigenvalue weighted by Crippen LogP contribution is 2.48. The Balaban J connectivity index is 1.60. The van der Waals surface area contributed by atoms with E-state index in [9.17, 15) is 14.7 Å². The molecule has 6 heteroatoms. The van der Waals surface area contributed by atoms with Crippen molar-refractivity contribution < 1.29 is 19.4 Å². The van der Waals surface area contributed by atoms with Gasteiger partial charge in [-0.25, -0.2) is 0 Å². The number of aliphatic carboxylic acids is 1. The summed E-state index contributed by atoms with van der Waals surface area (Å²) in [6.07, 6.45) is 2.50. The lowest BCUT2D eigenvalue weighted by Crippen LogP contribution is -2.38. The fourth-order valence-electron chi connectivity index (χ4n) is 3.60. The van der Waals surface area contributed by atoms with Crippen LogP contribution in [-0.2, 0) is 9.59 Å². The van der Waals surface area contributed by atoms with Gasteiger partial charge in [0.1, 0.15) is 5.75 Å². The summed E-state index contributed by atoms with van der Waals surface area (Å²) < 4.78 is 6.44. The Morgan fingerprint density at radius 1 is 1.36 bits per heavy atom. The zero-order valence-corrected chi connectivity index (χ0v) is 13.7. The fourth-order valence-corrected chi connectivity index (χ4v) is 3.86. The molecule has 0 bridgehead atoms. The van der Waals surface area contributed by atoms with E-state index in [1.807, 2.05) is 12.1 Å². The van der Waals surface area contributed by atoms with Gasteiger partial charge in [0, 0.05) is 17.6 Å². The number of carboxylic acids is 1. The first kappa shape index (κ1) is 15.3. The predicted molar refractivity (Wildman–Crippen MR) is 83.6 cm³/mol. The Kier molecular flexibility index (Phi) is 4.12. The second-order valence-corrected chi connectivity index (χ2v) is 6.98. The standard InChI is InChI=1S/C16H18BrNO4/c17-12-3-5-13(6-4-12)22-9-14(19)18-8-11-2-1-7-16(11,10-18)15(20)21/h3-6,11H,1-2,7-10H2,(H,20,21)/t11-,16+/m0/s1. The molecule has 1 aromatic carbocycles. The number of fused-ring (bicyclic) bond motifs is 1. The van der Waals surface area contributed by atoms with E-state index in [1.165, 1.54) is 0 Å². The van der Waals surface area contributed by atoms with E-state index >= 15 is 0 Å². The number of nitrogens with zero attached hydrogens (tertiary/aromatic N) is 1. The van der Waals surface area contributed by atoms with Crippen molar-refractivity contribution in [2.45, 2.75) is 19.3 Å². The molecule has 0 unspecified atom stereocenters. The van der Waals surface area contributed by atoms with E-state index in [-0.39, 0.29) is 18.4 Å². The summed E-state index contributed by atoms with van der Waals surface area (Å²) in [6.45, 7) is 0.800. The van der Waals surface area contributed by atoms with Crippen molar-refractivity contribution in [3.8, 4) is 5.75 Å². The first-order chi connectivity index (χ1) is 10.5. The summed E-state index contributed by atoms with van der Waals surface area (Å²) in [5.41, 5.74) is -0.729. The average molecular weight is 368 g/mol. The SMILES string of the molecule is O=C(COc1ccc(Br)cc1)N1C[C@@H]2CCC[C@@]2(C(=O)O)C1. The molecule has 2 atom stereocenters. The van der Waals surface area contributed by atoms with E-state index in [0.29, 0.717) is 25.3 Å². The molecule has 1 amide bonds. The van der Waals surface area contributed by atoms with Crippen LogP contribution in [0.15, 0.2) is 28.7 Å². The van der Waals surface area contributed by atoms with E-state index < -0.39 is 11.4 Å². The van der Waals surface area contributed by atoms with Gasteiger partial charge in [-0.05, 0) is 43.0 Å². The van der Waals surface area contributed by atoms with Gasteiger partial charge in [-0.3, -0.25) is 9.59 Å². The number of likely N-dealkylation sites (tertiary alicyclic amines) is 1. The topological polar surface area (TPSA) is 66.8 Å². The zero-order chi connectivity index (χ0) is 15.7. The lowest BCUT2D eigenvalue weighted by Gasteiger charge is -2.23. The Labute approximate surface area is 137 Å². The van der Waals surface area contributed by atoms with Crippen LogP contribution in [0.4, 0.5) is 0 Å². The number of rotatable bonds is 4. The maximum absolute atomic E-state index is 12.3. The molecule has 1 saturated heterocycles. The summed E-state index contributed by atoms with van der Waals surface area (Å²) in [5.74, 6) is -0.192.